The van der Waals surface area contributed by atoms with Crippen molar-refractivity contribution in [3.05, 3.63) is 70.7 Å². The fourth-order valence-electron chi connectivity index (χ4n) is 2.36. The van der Waals surface area contributed by atoms with Gasteiger partial charge in [0.2, 0.25) is 0 Å². The number of thioether (sulfide) groups is 1. The number of hydrogen-bond donors (Lipinski definition) is 1. The van der Waals surface area contributed by atoms with E-state index in [4.69, 9.17) is 11.6 Å². The van der Waals surface area contributed by atoms with E-state index in [0.717, 1.165) is 11.1 Å². The summed E-state index contributed by atoms with van der Waals surface area (Å²) >= 11 is 7.36. The smallest absolute Gasteiger partial charge is 0.189 e. The van der Waals surface area contributed by atoms with Crippen LogP contribution in [0.4, 0.5) is 5.82 Å². The molecule has 0 saturated carbocycles. The van der Waals surface area contributed by atoms with Crippen molar-refractivity contribution in [2.75, 3.05) is 11.6 Å². The van der Waals surface area contributed by atoms with E-state index in [1.807, 2.05) is 60.9 Å². The summed E-state index contributed by atoms with van der Waals surface area (Å²) in [6.07, 6.45) is 1.92. The molecule has 1 heterocycles. The lowest BCUT2D eigenvalue weighted by Crippen LogP contribution is -2.07. The number of nitrogens with one attached hydrogen (secondary N) is 1. The average molecular weight is 367 g/mol. The van der Waals surface area contributed by atoms with Crippen LogP contribution >= 0.6 is 23.4 Å². The molecule has 124 valence electrons. The van der Waals surface area contributed by atoms with E-state index in [2.05, 4.69) is 21.4 Å². The molecule has 0 saturated heterocycles. The number of nitrogens with zero attached hydrogens (tertiary/aromatic N) is 3. The van der Waals surface area contributed by atoms with Gasteiger partial charge in [0.1, 0.15) is 17.5 Å². The van der Waals surface area contributed by atoms with Gasteiger partial charge in [-0.25, -0.2) is 9.97 Å². The van der Waals surface area contributed by atoms with Gasteiger partial charge >= 0.3 is 0 Å². The summed E-state index contributed by atoms with van der Waals surface area (Å²) in [7, 11) is 0. The molecule has 3 rings (SSSR count). The van der Waals surface area contributed by atoms with Gasteiger partial charge in [-0.2, -0.15) is 5.26 Å². The Morgan fingerprint density at radius 2 is 1.80 bits per heavy atom. The van der Waals surface area contributed by atoms with Crippen molar-refractivity contribution in [2.45, 2.75) is 11.7 Å². The summed E-state index contributed by atoms with van der Waals surface area (Å²) in [6, 6.07) is 19.5. The van der Waals surface area contributed by atoms with Gasteiger partial charge in [0.15, 0.2) is 5.16 Å². The van der Waals surface area contributed by atoms with Crippen LogP contribution in [0.15, 0.2) is 59.8 Å². The minimum atomic E-state index is 0.443. The summed E-state index contributed by atoms with van der Waals surface area (Å²) in [5, 5.41) is 14.2. The molecule has 1 aromatic heterocycles. The zero-order chi connectivity index (χ0) is 17.6. The summed E-state index contributed by atoms with van der Waals surface area (Å²) in [5.74, 6) is 0.538. The molecule has 0 bridgehead atoms. The van der Waals surface area contributed by atoms with Crippen molar-refractivity contribution in [1.29, 1.82) is 5.26 Å². The van der Waals surface area contributed by atoms with Gasteiger partial charge in [0, 0.05) is 17.1 Å². The van der Waals surface area contributed by atoms with Gasteiger partial charge in [-0.1, -0.05) is 65.8 Å². The quantitative estimate of drug-likeness (QED) is 0.508. The van der Waals surface area contributed by atoms with Crippen molar-refractivity contribution < 1.29 is 0 Å². The normalized spacial score (nSPS) is 10.3. The number of hydrogen-bond acceptors (Lipinski definition) is 5. The first-order chi connectivity index (χ1) is 12.2. The van der Waals surface area contributed by atoms with Crippen molar-refractivity contribution in [1.82, 2.24) is 9.97 Å². The van der Waals surface area contributed by atoms with E-state index in [0.29, 0.717) is 33.8 Å². The topological polar surface area (TPSA) is 61.6 Å². The van der Waals surface area contributed by atoms with E-state index in [1.54, 1.807) is 0 Å². The number of anilines is 1. The van der Waals surface area contributed by atoms with Crippen LogP contribution in [0, 0.1) is 11.3 Å². The molecule has 0 atom stereocenters. The summed E-state index contributed by atoms with van der Waals surface area (Å²) < 4.78 is 0. The van der Waals surface area contributed by atoms with Crippen LogP contribution in [0.25, 0.3) is 11.3 Å². The van der Waals surface area contributed by atoms with Gasteiger partial charge in [0.25, 0.3) is 0 Å². The zero-order valence-electron chi connectivity index (χ0n) is 13.5. The fourth-order valence-corrected chi connectivity index (χ4v) is 2.85. The Kier molecular flexibility index (Phi) is 5.54. The molecule has 4 nitrogen and oxygen atoms in total. The molecule has 0 spiro atoms. The molecule has 0 aliphatic heterocycles. The minimum absolute atomic E-state index is 0.443. The third-order valence-corrected chi connectivity index (χ3v) is 4.40. The lowest BCUT2D eigenvalue weighted by Gasteiger charge is -2.12. The van der Waals surface area contributed by atoms with Crippen molar-refractivity contribution >= 4 is 29.2 Å². The third-order valence-electron chi connectivity index (χ3n) is 3.60. The molecular weight excluding hydrogens is 352 g/mol. The molecule has 0 amide bonds. The summed E-state index contributed by atoms with van der Waals surface area (Å²) in [6.45, 7) is 0.547. The summed E-state index contributed by atoms with van der Waals surface area (Å²) in [5.41, 5.74) is 3.03. The summed E-state index contributed by atoms with van der Waals surface area (Å²) in [4.78, 5) is 9.00. The molecule has 2 aromatic carbocycles. The van der Waals surface area contributed by atoms with Gasteiger partial charge in [-0.15, -0.1) is 0 Å². The van der Waals surface area contributed by atoms with Crippen LogP contribution < -0.4 is 5.32 Å². The standard InChI is InChI=1S/C19H15ClN4S/c1-25-19-23-17(14-5-3-2-4-6-14)16(11-21)18(24-19)22-12-13-7-9-15(20)10-8-13/h2-10H,12H2,1H3,(H,22,23,24). The highest BCUT2D eigenvalue weighted by molar-refractivity contribution is 7.98. The average Bonchev–Trinajstić information content (AvgIpc) is 2.67. The van der Waals surface area contributed by atoms with Crippen LogP contribution in [0.5, 0.6) is 0 Å². The Morgan fingerprint density at radius 3 is 2.44 bits per heavy atom. The molecule has 0 aliphatic rings. The van der Waals surface area contributed by atoms with Crippen LogP contribution in [0.1, 0.15) is 11.1 Å². The molecule has 0 radical (unpaired) electrons. The predicted molar refractivity (Wildman–Crippen MR) is 103 cm³/mol. The second-order valence-corrected chi connectivity index (χ2v) is 6.45. The van der Waals surface area contributed by atoms with E-state index >= 15 is 0 Å². The Hall–Kier alpha value is -2.55. The van der Waals surface area contributed by atoms with E-state index in [-0.39, 0.29) is 0 Å². The van der Waals surface area contributed by atoms with Gasteiger partial charge in [-0.3, -0.25) is 0 Å². The van der Waals surface area contributed by atoms with Gasteiger partial charge in [-0.05, 0) is 24.0 Å². The number of rotatable bonds is 5. The van der Waals surface area contributed by atoms with Gasteiger partial charge in [0.05, 0.1) is 5.69 Å². The third kappa shape index (κ3) is 4.11. The first kappa shape index (κ1) is 17.3. The molecule has 0 aliphatic carbocycles. The Bertz CT molecular complexity index is 905. The molecule has 1 N–H and O–H groups in total. The largest absolute Gasteiger partial charge is 0.365 e. The Balaban J connectivity index is 1.97. The number of aromatic nitrogens is 2. The first-order valence-corrected chi connectivity index (χ1v) is 9.21. The van der Waals surface area contributed by atoms with Crippen molar-refractivity contribution in [3.8, 4) is 17.3 Å². The van der Waals surface area contributed by atoms with Crippen LogP contribution in [-0.2, 0) is 6.54 Å². The molecule has 0 fully saturated rings. The van der Waals surface area contributed by atoms with Crippen LogP contribution in [-0.4, -0.2) is 16.2 Å². The maximum Gasteiger partial charge on any atom is 0.189 e. The van der Waals surface area contributed by atoms with E-state index < -0.39 is 0 Å². The monoisotopic (exact) mass is 366 g/mol. The Labute approximate surface area is 155 Å². The number of nitriles is 1. The molecule has 0 unspecified atom stereocenters. The highest BCUT2D eigenvalue weighted by atomic mass is 35.5. The lowest BCUT2D eigenvalue weighted by atomic mass is 10.1. The highest BCUT2D eigenvalue weighted by Gasteiger charge is 2.15. The predicted octanol–water partition coefficient (Wildman–Crippen LogP) is 5.00. The molecule has 6 heteroatoms. The minimum Gasteiger partial charge on any atom is -0.365 e. The van der Waals surface area contributed by atoms with Crippen LogP contribution in [0.3, 0.4) is 0 Å². The molecule has 3 aromatic rings. The Morgan fingerprint density at radius 1 is 1.08 bits per heavy atom. The lowest BCUT2D eigenvalue weighted by molar-refractivity contribution is 0.955. The zero-order valence-corrected chi connectivity index (χ0v) is 15.1. The van der Waals surface area contributed by atoms with E-state index in [9.17, 15) is 5.26 Å². The van der Waals surface area contributed by atoms with Crippen molar-refractivity contribution in [2.24, 2.45) is 0 Å². The number of benzene rings is 2. The fraction of sp³-hybridized carbons (Fsp3) is 0.105. The molecular formula is C19H15ClN4S. The maximum absolute atomic E-state index is 9.66. The van der Waals surface area contributed by atoms with Crippen LogP contribution in [0.2, 0.25) is 5.02 Å². The highest BCUT2D eigenvalue weighted by Crippen LogP contribution is 2.28. The second kappa shape index (κ2) is 8.02. The van der Waals surface area contributed by atoms with E-state index in [1.165, 1.54) is 11.8 Å². The maximum atomic E-state index is 9.66. The molecule has 25 heavy (non-hydrogen) atoms. The second-order valence-electron chi connectivity index (χ2n) is 5.24. The van der Waals surface area contributed by atoms with Crippen molar-refractivity contribution in [3.63, 3.8) is 0 Å². The van der Waals surface area contributed by atoms with Gasteiger partial charge < -0.3 is 5.32 Å². The first-order valence-electron chi connectivity index (χ1n) is 7.61. The SMILES string of the molecule is CSc1nc(NCc2ccc(Cl)cc2)c(C#N)c(-c2ccccc2)n1. The number of halogens is 1.